The molecule has 0 aliphatic carbocycles. The molecule has 0 amide bonds. The van der Waals surface area contributed by atoms with Crippen molar-refractivity contribution in [1.82, 2.24) is 0 Å². The van der Waals surface area contributed by atoms with Crippen LogP contribution in [0, 0.1) is 0 Å². The minimum Gasteiger partial charge on any atom is -0.361 e. The average Bonchev–Trinajstić information content (AvgIpc) is 2.04. The smallest absolute Gasteiger partial charge is 0.361 e. The van der Waals surface area contributed by atoms with Gasteiger partial charge in [-0.05, 0) is 12.1 Å². The first kappa shape index (κ1) is 14.1. The fraction of sp³-hybridized carbons (Fsp3) is 0. The average molecular weight is 239 g/mol. The zero-order valence-corrected chi connectivity index (χ0v) is 11.7. The van der Waals surface area contributed by atoms with E-state index in [1.807, 2.05) is 0 Å². The maximum absolute atomic E-state index is 10.9. The standard InChI is InChI=1S/C8H8O4S.K/c1-2-11-13(9,10)12-8-6-4-3-5-7-8;/h2-7H,1H2;. The second-order valence-corrected chi connectivity index (χ2v) is 3.24. The van der Waals surface area contributed by atoms with Crippen molar-refractivity contribution < 1.29 is 16.8 Å². The summed E-state index contributed by atoms with van der Waals surface area (Å²) in [7, 11) is -4.00. The Labute approximate surface area is 126 Å². The molecule has 0 aliphatic rings. The number of benzene rings is 1. The van der Waals surface area contributed by atoms with Crippen molar-refractivity contribution in [3.63, 3.8) is 0 Å². The van der Waals surface area contributed by atoms with Crippen LogP contribution in [0.15, 0.2) is 43.2 Å². The minimum absolute atomic E-state index is 0. The van der Waals surface area contributed by atoms with Gasteiger partial charge in [0.25, 0.3) is 0 Å². The second-order valence-electron chi connectivity index (χ2n) is 2.07. The summed E-state index contributed by atoms with van der Waals surface area (Å²) in [6, 6.07) is 8.05. The summed E-state index contributed by atoms with van der Waals surface area (Å²) in [6.45, 7) is 3.11. The number of rotatable bonds is 4. The summed E-state index contributed by atoms with van der Waals surface area (Å²) in [6.07, 6.45) is 0.790. The van der Waals surface area contributed by atoms with E-state index in [-0.39, 0.29) is 57.1 Å². The van der Waals surface area contributed by atoms with Crippen LogP contribution in [0.2, 0.25) is 0 Å². The molecule has 0 fully saturated rings. The van der Waals surface area contributed by atoms with Crippen LogP contribution in [0.3, 0.4) is 0 Å². The molecule has 0 atom stereocenters. The summed E-state index contributed by atoms with van der Waals surface area (Å²) >= 11 is 0. The molecule has 0 unspecified atom stereocenters. The van der Waals surface area contributed by atoms with Gasteiger partial charge in [0.05, 0.1) is 0 Å². The van der Waals surface area contributed by atoms with Gasteiger partial charge in [0.2, 0.25) is 0 Å². The van der Waals surface area contributed by atoms with Gasteiger partial charge in [-0.3, -0.25) is 0 Å². The van der Waals surface area contributed by atoms with Crippen molar-refractivity contribution in [1.29, 1.82) is 0 Å². The van der Waals surface area contributed by atoms with E-state index in [4.69, 9.17) is 0 Å². The summed E-state index contributed by atoms with van der Waals surface area (Å²) in [5.41, 5.74) is 0. The van der Waals surface area contributed by atoms with Crippen molar-refractivity contribution >= 4 is 61.8 Å². The molecule has 0 aliphatic heterocycles. The van der Waals surface area contributed by atoms with Crippen molar-refractivity contribution in [2.75, 3.05) is 0 Å². The molecule has 0 N–H and O–H groups in total. The van der Waals surface area contributed by atoms with E-state index in [1.165, 1.54) is 12.1 Å². The molecule has 0 heterocycles. The minimum atomic E-state index is -4.00. The van der Waals surface area contributed by atoms with Gasteiger partial charge in [-0.1, -0.05) is 24.8 Å². The van der Waals surface area contributed by atoms with Crippen LogP contribution >= 0.6 is 0 Å². The Balaban J connectivity index is 0.00000169. The van der Waals surface area contributed by atoms with Crippen molar-refractivity contribution in [2.45, 2.75) is 0 Å². The van der Waals surface area contributed by atoms with Gasteiger partial charge in [0.1, 0.15) is 12.0 Å². The molecule has 0 bridgehead atoms. The van der Waals surface area contributed by atoms with Crippen LogP contribution < -0.4 is 4.18 Å². The van der Waals surface area contributed by atoms with Crippen LogP contribution in [0.25, 0.3) is 0 Å². The maximum atomic E-state index is 10.9. The summed E-state index contributed by atoms with van der Waals surface area (Å²) in [5.74, 6) is 0.198. The zero-order valence-electron chi connectivity index (χ0n) is 7.71. The molecule has 1 rings (SSSR count). The van der Waals surface area contributed by atoms with E-state index in [9.17, 15) is 8.42 Å². The Bertz CT molecular complexity index is 374. The van der Waals surface area contributed by atoms with E-state index >= 15 is 0 Å². The van der Waals surface area contributed by atoms with Crippen LogP contribution in [0.5, 0.6) is 5.75 Å². The topological polar surface area (TPSA) is 52.6 Å². The monoisotopic (exact) mass is 239 g/mol. The molecule has 71 valence electrons. The van der Waals surface area contributed by atoms with Crippen LogP contribution in [-0.4, -0.2) is 59.8 Å². The van der Waals surface area contributed by atoms with Crippen molar-refractivity contribution in [2.24, 2.45) is 0 Å². The Morgan fingerprint density at radius 1 is 1.21 bits per heavy atom. The predicted octanol–water partition coefficient (Wildman–Crippen LogP) is 1.09. The van der Waals surface area contributed by atoms with Crippen LogP contribution in [0.1, 0.15) is 0 Å². The number of hydrogen-bond donors (Lipinski definition) is 0. The van der Waals surface area contributed by atoms with E-state index in [1.54, 1.807) is 18.2 Å². The number of para-hydroxylation sites is 1. The van der Waals surface area contributed by atoms with Gasteiger partial charge in [-0.25, -0.2) is 0 Å². The van der Waals surface area contributed by atoms with Crippen LogP contribution in [-0.2, 0) is 14.6 Å². The Kier molecular flexibility index (Phi) is 6.67. The fourth-order valence-electron chi connectivity index (χ4n) is 0.697. The number of hydrogen-bond acceptors (Lipinski definition) is 4. The van der Waals surface area contributed by atoms with E-state index in [0.29, 0.717) is 0 Å². The molecule has 0 saturated heterocycles. The first-order chi connectivity index (χ1) is 6.14. The van der Waals surface area contributed by atoms with E-state index < -0.39 is 10.4 Å². The zero-order chi connectivity index (χ0) is 9.73. The van der Waals surface area contributed by atoms with E-state index in [0.717, 1.165) is 6.26 Å². The first-order valence-electron chi connectivity index (χ1n) is 3.43. The SMILES string of the molecule is C=COS(=O)(=O)Oc1ccccc1.[K]. The Hall–Kier alpha value is 0.146. The molecule has 1 aromatic carbocycles. The third-order valence-electron chi connectivity index (χ3n) is 1.13. The van der Waals surface area contributed by atoms with E-state index in [2.05, 4.69) is 14.9 Å². The van der Waals surface area contributed by atoms with Gasteiger partial charge < -0.3 is 8.37 Å². The van der Waals surface area contributed by atoms with Crippen molar-refractivity contribution in [3.8, 4) is 5.75 Å². The fourth-order valence-corrected chi connectivity index (χ4v) is 1.25. The van der Waals surface area contributed by atoms with Gasteiger partial charge in [0.15, 0.2) is 0 Å². The summed E-state index contributed by atoms with van der Waals surface area (Å²) in [4.78, 5) is 0. The molecule has 4 nitrogen and oxygen atoms in total. The van der Waals surface area contributed by atoms with Gasteiger partial charge >= 0.3 is 10.4 Å². The predicted molar refractivity (Wildman–Crippen MR) is 53.0 cm³/mol. The molecule has 0 saturated carbocycles. The second kappa shape index (κ2) is 6.60. The molecule has 6 heteroatoms. The summed E-state index contributed by atoms with van der Waals surface area (Å²) < 4.78 is 30.4. The molecule has 14 heavy (non-hydrogen) atoms. The molecular weight excluding hydrogens is 231 g/mol. The first-order valence-corrected chi connectivity index (χ1v) is 4.76. The third kappa shape index (κ3) is 5.13. The molecule has 1 radical (unpaired) electrons. The normalized spacial score (nSPS) is 9.71. The van der Waals surface area contributed by atoms with Gasteiger partial charge in [-0.2, -0.15) is 0 Å². The maximum Gasteiger partial charge on any atom is 0.500 e. The Morgan fingerprint density at radius 2 is 1.79 bits per heavy atom. The van der Waals surface area contributed by atoms with Crippen LogP contribution in [0.4, 0.5) is 0 Å². The molecule has 0 spiro atoms. The van der Waals surface area contributed by atoms with Crippen molar-refractivity contribution in [3.05, 3.63) is 43.2 Å². The van der Waals surface area contributed by atoms with Gasteiger partial charge in [0, 0.05) is 51.4 Å². The summed E-state index contributed by atoms with van der Waals surface area (Å²) in [5, 5.41) is 0. The van der Waals surface area contributed by atoms with Gasteiger partial charge in [-0.15, -0.1) is 8.42 Å². The largest absolute Gasteiger partial charge is 0.500 e. The molecular formula is C8H8KO4S. The molecule has 1 aromatic rings. The quantitative estimate of drug-likeness (QED) is 0.583. The third-order valence-corrected chi connectivity index (χ3v) is 1.90. The molecule has 0 aromatic heterocycles. The Morgan fingerprint density at radius 3 is 2.29 bits per heavy atom.